The van der Waals surface area contributed by atoms with Crippen molar-refractivity contribution in [2.75, 3.05) is 6.16 Å². The monoisotopic (exact) mass is 332 g/mol. The Balaban J connectivity index is 2.13. The van der Waals surface area contributed by atoms with E-state index in [0.717, 1.165) is 17.0 Å². The van der Waals surface area contributed by atoms with Gasteiger partial charge < -0.3 is 15.4 Å². The van der Waals surface area contributed by atoms with Crippen molar-refractivity contribution >= 4 is 23.7 Å². The van der Waals surface area contributed by atoms with Crippen LogP contribution in [0.25, 0.3) is 0 Å². The van der Waals surface area contributed by atoms with Gasteiger partial charge in [-0.3, -0.25) is 0 Å². The van der Waals surface area contributed by atoms with Crippen LogP contribution in [0.2, 0.25) is 0 Å². The number of hydrogen-bond donors (Lipinski definition) is 2. The molecule has 4 nitrogen and oxygen atoms in total. The number of carbonyl (C=O) groups is 1. The van der Waals surface area contributed by atoms with Gasteiger partial charge in [-0.15, -0.1) is 0 Å². The molecule has 0 saturated carbocycles. The van der Waals surface area contributed by atoms with Crippen LogP contribution in [0.1, 0.15) is 19.3 Å². The molecule has 0 heterocycles. The zero-order chi connectivity index (χ0) is 16.7. The molecule has 0 radical (unpaired) electrons. The molecule has 4 N–H and O–H groups in total. The van der Waals surface area contributed by atoms with E-state index >= 15 is 0 Å². The second-order valence-electron chi connectivity index (χ2n) is 5.67. The lowest BCUT2D eigenvalue weighted by Gasteiger charge is -2.19. The summed E-state index contributed by atoms with van der Waals surface area (Å²) in [6.45, 7) is 0. The fraction of sp³-hybridized carbons (Fsp3) is 0.278. The van der Waals surface area contributed by atoms with Crippen LogP contribution in [0.4, 0.5) is 0 Å². The molecule has 0 amide bonds. The molecular formula is C18H23NO3P+. The van der Waals surface area contributed by atoms with Crippen molar-refractivity contribution in [2.45, 2.75) is 25.3 Å². The van der Waals surface area contributed by atoms with Gasteiger partial charge in [0.25, 0.3) is 0 Å². The van der Waals surface area contributed by atoms with Gasteiger partial charge >= 0.3 is 5.97 Å². The highest BCUT2D eigenvalue weighted by Crippen LogP contribution is 2.44. The molecule has 0 fully saturated rings. The molecule has 122 valence electrons. The van der Waals surface area contributed by atoms with Crippen LogP contribution < -0.4 is 16.3 Å². The molecule has 0 aliphatic carbocycles. The van der Waals surface area contributed by atoms with E-state index in [2.05, 4.69) is 5.73 Å². The molecule has 2 rings (SSSR count). The molecule has 5 heteroatoms. The first-order chi connectivity index (χ1) is 11.0. The van der Waals surface area contributed by atoms with Crippen LogP contribution in [0.5, 0.6) is 0 Å². The van der Waals surface area contributed by atoms with Crippen molar-refractivity contribution in [2.24, 2.45) is 0 Å². The fourth-order valence-corrected chi connectivity index (χ4v) is 5.38. The third kappa shape index (κ3) is 4.54. The standard InChI is InChI=1S/C18H22NO3P/c19-17(18(20)21)13-7-8-14-23(22,15-9-3-1-4-10-15)16-11-5-2-6-12-16/h1-6,9-12,17H,7-8,13-14,19H2,(H,20,21)/p+1. The molecule has 2 aromatic carbocycles. The minimum Gasteiger partial charge on any atom is -0.477 e. The van der Waals surface area contributed by atoms with Crippen LogP contribution in [0, 0.1) is 0 Å². The molecule has 0 aliphatic heterocycles. The molecule has 0 saturated heterocycles. The Bertz CT molecular complexity index is 630. The van der Waals surface area contributed by atoms with Crippen LogP contribution in [-0.2, 0) is 9.36 Å². The van der Waals surface area contributed by atoms with E-state index in [1.165, 1.54) is 0 Å². The highest BCUT2D eigenvalue weighted by atomic mass is 31.2. The van der Waals surface area contributed by atoms with Gasteiger partial charge in [-0.1, -0.05) is 60.7 Å². The van der Waals surface area contributed by atoms with Gasteiger partial charge in [0.15, 0.2) is 6.04 Å². The van der Waals surface area contributed by atoms with Crippen LogP contribution in [-0.4, -0.2) is 23.3 Å². The van der Waals surface area contributed by atoms with E-state index in [1.807, 2.05) is 60.7 Å². The van der Waals surface area contributed by atoms with Gasteiger partial charge in [0.2, 0.25) is 0 Å². The van der Waals surface area contributed by atoms with Crippen molar-refractivity contribution < 1.29 is 20.2 Å². The van der Waals surface area contributed by atoms with E-state index in [-0.39, 0.29) is 0 Å². The smallest absolute Gasteiger partial charge is 0.362 e. The number of carboxylic acids is 1. The number of hydrogen-bond acceptors (Lipinski definition) is 2. The highest BCUT2D eigenvalue weighted by Gasteiger charge is 2.26. The number of rotatable bonds is 8. The Labute approximate surface area is 136 Å². The van der Waals surface area contributed by atoms with Crippen molar-refractivity contribution in [3.63, 3.8) is 0 Å². The molecule has 0 bridgehead atoms. The number of unbranched alkanes of at least 4 members (excludes halogenated alkanes) is 1. The van der Waals surface area contributed by atoms with Crippen LogP contribution in [0.15, 0.2) is 60.7 Å². The summed E-state index contributed by atoms with van der Waals surface area (Å²) in [6.07, 6.45) is 2.50. The number of benzene rings is 2. The average molecular weight is 332 g/mol. The first-order valence-corrected chi connectivity index (χ1v) is 9.69. The predicted molar refractivity (Wildman–Crippen MR) is 92.8 cm³/mol. The first kappa shape index (κ1) is 17.5. The largest absolute Gasteiger partial charge is 0.477 e. The predicted octanol–water partition coefficient (Wildman–Crippen LogP) is 1.87. The Kier molecular flexibility index (Phi) is 6.14. The van der Waals surface area contributed by atoms with E-state index in [1.54, 1.807) is 0 Å². The van der Waals surface area contributed by atoms with E-state index in [9.17, 15) is 9.36 Å². The summed E-state index contributed by atoms with van der Waals surface area (Å²) in [5, 5.41) is 10.6. The van der Waals surface area contributed by atoms with Gasteiger partial charge in [-0.05, 0) is 12.8 Å². The van der Waals surface area contributed by atoms with E-state index in [4.69, 9.17) is 5.11 Å². The molecule has 1 atom stereocenters. The third-order valence-corrected chi connectivity index (χ3v) is 7.18. The molecule has 1 unspecified atom stereocenters. The summed E-state index contributed by atoms with van der Waals surface area (Å²) in [6, 6.07) is 18.5. The third-order valence-electron chi connectivity index (χ3n) is 3.97. The maximum atomic E-state index is 13.7. The summed E-state index contributed by atoms with van der Waals surface area (Å²) in [5.74, 6) is -0.876. The van der Waals surface area contributed by atoms with E-state index in [0.29, 0.717) is 19.0 Å². The SMILES string of the molecule is [NH3+]C(CCCCP(=O)(c1ccccc1)c1ccccc1)C(=O)O. The Morgan fingerprint density at radius 3 is 1.87 bits per heavy atom. The zero-order valence-corrected chi connectivity index (χ0v) is 14.0. The molecule has 0 spiro atoms. The number of quaternary nitrogens is 1. The topological polar surface area (TPSA) is 82.0 Å². The lowest BCUT2D eigenvalue weighted by atomic mass is 10.1. The van der Waals surface area contributed by atoms with Crippen LogP contribution in [0.3, 0.4) is 0 Å². The molecule has 23 heavy (non-hydrogen) atoms. The Hall–Kier alpha value is -1.90. The summed E-state index contributed by atoms with van der Waals surface area (Å²) in [4.78, 5) is 10.8. The highest BCUT2D eigenvalue weighted by molar-refractivity contribution is 7.78. The summed E-state index contributed by atoms with van der Waals surface area (Å²) in [5.41, 5.74) is 3.62. The molecular weight excluding hydrogens is 309 g/mol. The number of carboxylic acid groups (broad SMARTS) is 1. The first-order valence-electron chi connectivity index (χ1n) is 7.80. The van der Waals surface area contributed by atoms with Crippen molar-refractivity contribution in [1.29, 1.82) is 0 Å². The quantitative estimate of drug-likeness (QED) is 0.572. The fourth-order valence-electron chi connectivity index (χ4n) is 2.59. The van der Waals surface area contributed by atoms with Gasteiger partial charge in [-0.2, -0.15) is 0 Å². The maximum absolute atomic E-state index is 13.7. The van der Waals surface area contributed by atoms with Gasteiger partial charge in [0, 0.05) is 23.2 Å². The minimum atomic E-state index is -2.68. The van der Waals surface area contributed by atoms with Crippen molar-refractivity contribution in [3.05, 3.63) is 60.7 Å². The Morgan fingerprint density at radius 1 is 0.957 bits per heavy atom. The van der Waals surface area contributed by atoms with E-state index < -0.39 is 19.2 Å². The van der Waals surface area contributed by atoms with Gasteiger partial charge in [0.05, 0.1) is 0 Å². The summed E-state index contributed by atoms with van der Waals surface area (Å²) >= 11 is 0. The lowest BCUT2D eigenvalue weighted by molar-refractivity contribution is -0.409. The second-order valence-corrected chi connectivity index (χ2v) is 8.62. The average Bonchev–Trinajstić information content (AvgIpc) is 2.59. The Morgan fingerprint density at radius 2 is 1.43 bits per heavy atom. The zero-order valence-electron chi connectivity index (χ0n) is 13.1. The van der Waals surface area contributed by atoms with Crippen molar-refractivity contribution in [3.8, 4) is 0 Å². The lowest BCUT2D eigenvalue weighted by Crippen LogP contribution is -2.64. The summed E-state index contributed by atoms with van der Waals surface area (Å²) in [7, 11) is -2.68. The maximum Gasteiger partial charge on any atom is 0.362 e. The van der Waals surface area contributed by atoms with Gasteiger partial charge in [0.1, 0.15) is 7.14 Å². The molecule has 2 aromatic rings. The normalized spacial score (nSPS) is 12.7. The minimum absolute atomic E-state index is 0.513. The number of aliphatic carboxylic acids is 1. The second kappa shape index (κ2) is 8.09. The van der Waals surface area contributed by atoms with Crippen LogP contribution >= 0.6 is 7.14 Å². The molecule has 0 aliphatic rings. The van der Waals surface area contributed by atoms with Gasteiger partial charge in [-0.25, -0.2) is 4.79 Å². The molecule has 0 aromatic heterocycles. The van der Waals surface area contributed by atoms with Crippen molar-refractivity contribution in [1.82, 2.24) is 0 Å². The summed E-state index contributed by atoms with van der Waals surface area (Å²) < 4.78 is 13.7.